The molecule has 0 atom stereocenters. The van der Waals surface area contributed by atoms with Crippen LogP contribution in [-0.4, -0.2) is 57.9 Å². The Bertz CT molecular complexity index is 1240. The standard InChI is InChI=1S/C33H42N2O5/c1-24(2)10-11-35-12-13-39-14-15-40-32-9-8-28(20-29(32)17-25-6-5-7-26(16-25)23-35)33(36)34-22-27-18-30(37-3)21-31(19-27)38-4/h5-9,16,18-21,24H,10-15,17,22-23H2,1-4H3,(H,34,36). The number of hydrogen-bond acceptors (Lipinski definition) is 6. The molecule has 0 unspecified atom stereocenters. The third kappa shape index (κ3) is 8.73. The third-order valence-electron chi connectivity index (χ3n) is 7.04. The number of rotatable bonds is 8. The lowest BCUT2D eigenvalue weighted by Crippen LogP contribution is -2.29. The van der Waals surface area contributed by atoms with E-state index in [0.717, 1.165) is 42.9 Å². The van der Waals surface area contributed by atoms with E-state index in [2.05, 4.69) is 48.3 Å². The smallest absolute Gasteiger partial charge is 0.251 e. The van der Waals surface area contributed by atoms with Gasteiger partial charge in [-0.1, -0.05) is 38.1 Å². The molecule has 0 radical (unpaired) electrons. The first-order chi connectivity index (χ1) is 19.4. The highest BCUT2D eigenvalue weighted by Gasteiger charge is 2.14. The molecule has 1 amide bonds. The van der Waals surface area contributed by atoms with Crippen molar-refractivity contribution in [2.45, 2.75) is 39.8 Å². The third-order valence-corrected chi connectivity index (χ3v) is 7.04. The van der Waals surface area contributed by atoms with Gasteiger partial charge in [-0.2, -0.15) is 0 Å². The van der Waals surface area contributed by atoms with Crippen molar-refractivity contribution in [3.05, 3.63) is 88.5 Å². The highest BCUT2D eigenvalue weighted by atomic mass is 16.5. The molecule has 3 aromatic rings. The predicted molar refractivity (Wildman–Crippen MR) is 157 cm³/mol. The summed E-state index contributed by atoms with van der Waals surface area (Å²) in [6.07, 6.45) is 1.83. The summed E-state index contributed by atoms with van der Waals surface area (Å²) in [5.41, 5.74) is 4.93. The number of methoxy groups -OCH3 is 2. The fourth-order valence-electron chi connectivity index (χ4n) is 4.79. The molecule has 7 heteroatoms. The molecular formula is C33H42N2O5. The molecule has 40 heavy (non-hydrogen) atoms. The van der Waals surface area contributed by atoms with Crippen LogP contribution in [0.25, 0.3) is 0 Å². The van der Waals surface area contributed by atoms with Gasteiger partial charge in [0.25, 0.3) is 5.91 Å². The number of carbonyl (C=O) groups is 1. The largest absolute Gasteiger partial charge is 0.497 e. The number of hydrogen-bond donors (Lipinski definition) is 1. The Morgan fingerprint density at radius 3 is 2.48 bits per heavy atom. The average Bonchev–Trinajstić information content (AvgIpc) is 2.96. The van der Waals surface area contributed by atoms with E-state index in [9.17, 15) is 4.79 Å². The minimum absolute atomic E-state index is 0.151. The van der Waals surface area contributed by atoms with E-state index in [1.807, 2.05) is 36.4 Å². The second-order valence-corrected chi connectivity index (χ2v) is 10.6. The number of nitrogens with zero attached hydrogens (tertiary/aromatic N) is 1. The zero-order chi connectivity index (χ0) is 28.3. The topological polar surface area (TPSA) is 69.3 Å². The summed E-state index contributed by atoms with van der Waals surface area (Å²) in [7, 11) is 3.22. The Hall–Kier alpha value is -3.55. The molecule has 1 heterocycles. The van der Waals surface area contributed by atoms with Gasteiger partial charge in [0.2, 0.25) is 0 Å². The number of benzene rings is 3. The van der Waals surface area contributed by atoms with Crippen LogP contribution in [0.3, 0.4) is 0 Å². The van der Waals surface area contributed by atoms with Crippen LogP contribution in [0.1, 0.15) is 52.9 Å². The van der Waals surface area contributed by atoms with Crippen LogP contribution in [0, 0.1) is 5.92 Å². The zero-order valence-electron chi connectivity index (χ0n) is 24.2. The fourth-order valence-corrected chi connectivity index (χ4v) is 4.79. The molecule has 0 fully saturated rings. The maximum Gasteiger partial charge on any atom is 0.251 e. The molecule has 7 nitrogen and oxygen atoms in total. The average molecular weight is 547 g/mol. The minimum atomic E-state index is -0.151. The first-order valence-corrected chi connectivity index (χ1v) is 14.1. The van der Waals surface area contributed by atoms with E-state index in [4.69, 9.17) is 18.9 Å². The van der Waals surface area contributed by atoms with Crippen LogP contribution < -0.4 is 19.5 Å². The van der Waals surface area contributed by atoms with Crippen molar-refractivity contribution in [1.82, 2.24) is 10.2 Å². The molecule has 0 saturated heterocycles. The summed E-state index contributed by atoms with van der Waals surface area (Å²) < 4.78 is 22.7. The van der Waals surface area contributed by atoms with E-state index < -0.39 is 0 Å². The van der Waals surface area contributed by atoms with Crippen molar-refractivity contribution in [1.29, 1.82) is 0 Å². The van der Waals surface area contributed by atoms with Gasteiger partial charge in [-0.05, 0) is 71.5 Å². The van der Waals surface area contributed by atoms with E-state index in [-0.39, 0.29) is 5.91 Å². The number of fused-ring (bicyclic) bond motifs is 3. The molecule has 0 saturated carbocycles. The summed E-state index contributed by atoms with van der Waals surface area (Å²) in [6.45, 7) is 9.38. The van der Waals surface area contributed by atoms with Crippen molar-refractivity contribution < 1.29 is 23.7 Å². The Morgan fingerprint density at radius 1 is 0.950 bits per heavy atom. The van der Waals surface area contributed by atoms with Crippen molar-refractivity contribution >= 4 is 5.91 Å². The van der Waals surface area contributed by atoms with Gasteiger partial charge in [0.15, 0.2) is 0 Å². The van der Waals surface area contributed by atoms with Gasteiger partial charge in [0, 0.05) is 37.7 Å². The number of amides is 1. The molecular weight excluding hydrogens is 504 g/mol. The lowest BCUT2D eigenvalue weighted by Gasteiger charge is -2.24. The van der Waals surface area contributed by atoms with Crippen LogP contribution in [0.2, 0.25) is 0 Å². The van der Waals surface area contributed by atoms with Gasteiger partial charge in [0.05, 0.1) is 27.4 Å². The zero-order valence-corrected chi connectivity index (χ0v) is 24.2. The van der Waals surface area contributed by atoms with Crippen LogP contribution >= 0.6 is 0 Å². The van der Waals surface area contributed by atoms with E-state index >= 15 is 0 Å². The summed E-state index contributed by atoms with van der Waals surface area (Å²) in [6, 6.07) is 19.9. The quantitative estimate of drug-likeness (QED) is 0.404. The van der Waals surface area contributed by atoms with Gasteiger partial charge in [-0.15, -0.1) is 0 Å². The van der Waals surface area contributed by atoms with Gasteiger partial charge in [0.1, 0.15) is 23.9 Å². The van der Waals surface area contributed by atoms with Crippen LogP contribution in [0.15, 0.2) is 60.7 Å². The van der Waals surface area contributed by atoms with Crippen molar-refractivity contribution in [3.8, 4) is 17.2 Å². The van der Waals surface area contributed by atoms with Crippen molar-refractivity contribution in [2.75, 3.05) is 47.1 Å². The first kappa shape index (κ1) is 29.4. The molecule has 1 N–H and O–H groups in total. The molecule has 4 rings (SSSR count). The second kappa shape index (κ2) is 14.7. The maximum absolute atomic E-state index is 13.2. The Labute approximate surface area is 238 Å². The summed E-state index contributed by atoms with van der Waals surface area (Å²) in [5, 5.41) is 3.02. The molecule has 0 aliphatic carbocycles. The first-order valence-electron chi connectivity index (χ1n) is 14.1. The maximum atomic E-state index is 13.2. The fraction of sp³-hybridized carbons (Fsp3) is 0.424. The SMILES string of the molecule is COc1cc(CNC(=O)c2ccc3c(c2)Cc2cccc(c2)CN(CCC(C)C)CCOCCO3)cc(OC)c1. The van der Waals surface area contributed by atoms with Gasteiger partial charge >= 0.3 is 0 Å². The number of nitrogens with one attached hydrogen (secondary N) is 1. The summed E-state index contributed by atoms with van der Waals surface area (Å²) in [5.74, 6) is 2.65. The van der Waals surface area contributed by atoms with Gasteiger partial charge in [-0.25, -0.2) is 0 Å². The summed E-state index contributed by atoms with van der Waals surface area (Å²) >= 11 is 0. The normalized spacial score (nSPS) is 14.5. The number of ether oxygens (including phenoxy) is 4. The highest BCUT2D eigenvalue weighted by molar-refractivity contribution is 5.94. The van der Waals surface area contributed by atoms with Crippen LogP contribution in [-0.2, 0) is 24.2 Å². The molecule has 3 aromatic carbocycles. The molecule has 2 bridgehead atoms. The lowest BCUT2D eigenvalue weighted by molar-refractivity contribution is 0.0764. The van der Waals surface area contributed by atoms with E-state index in [0.29, 0.717) is 55.8 Å². The molecule has 214 valence electrons. The van der Waals surface area contributed by atoms with Crippen LogP contribution in [0.4, 0.5) is 0 Å². The highest BCUT2D eigenvalue weighted by Crippen LogP contribution is 2.26. The predicted octanol–water partition coefficient (Wildman–Crippen LogP) is 5.48. The minimum Gasteiger partial charge on any atom is -0.497 e. The molecule has 1 aliphatic rings. The Morgan fingerprint density at radius 2 is 1.73 bits per heavy atom. The van der Waals surface area contributed by atoms with Crippen molar-refractivity contribution in [2.24, 2.45) is 5.92 Å². The summed E-state index contributed by atoms with van der Waals surface area (Å²) in [4.78, 5) is 15.6. The van der Waals surface area contributed by atoms with Crippen LogP contribution in [0.5, 0.6) is 17.2 Å². The van der Waals surface area contributed by atoms with Gasteiger partial charge < -0.3 is 24.3 Å². The van der Waals surface area contributed by atoms with Crippen molar-refractivity contribution in [3.63, 3.8) is 0 Å². The molecule has 0 aromatic heterocycles. The monoisotopic (exact) mass is 546 g/mol. The molecule has 0 spiro atoms. The second-order valence-electron chi connectivity index (χ2n) is 10.6. The van der Waals surface area contributed by atoms with E-state index in [1.165, 1.54) is 11.1 Å². The number of carbonyl (C=O) groups excluding carboxylic acids is 1. The Balaban J connectivity index is 1.52. The molecule has 1 aliphatic heterocycles. The lowest BCUT2D eigenvalue weighted by atomic mass is 9.99. The Kier molecular flexibility index (Phi) is 10.8. The van der Waals surface area contributed by atoms with Gasteiger partial charge in [-0.3, -0.25) is 9.69 Å². The van der Waals surface area contributed by atoms with E-state index in [1.54, 1.807) is 14.2 Å².